The zero-order valence-electron chi connectivity index (χ0n) is 26.5. The zero-order valence-corrected chi connectivity index (χ0v) is 26.5. The van der Waals surface area contributed by atoms with Gasteiger partial charge in [0.15, 0.2) is 0 Å². The van der Waals surface area contributed by atoms with E-state index in [0.29, 0.717) is 5.41 Å². The van der Waals surface area contributed by atoms with Crippen LogP contribution in [-0.2, 0) is 51.4 Å². The van der Waals surface area contributed by atoms with Gasteiger partial charge in [0.25, 0.3) is 0 Å². The third-order valence-electron chi connectivity index (χ3n) is 11.4. The third-order valence-corrected chi connectivity index (χ3v) is 11.4. The Labute approximate surface area is 273 Å². The Hall–Kier alpha value is -4.68. The van der Waals surface area contributed by atoms with Gasteiger partial charge in [-0.3, -0.25) is 0 Å². The molecule has 0 N–H and O–H groups in total. The fraction of sp³-hybridized carbons (Fsp3) is 0.217. The monoisotopic (exact) mass is 592 g/mol. The van der Waals surface area contributed by atoms with Gasteiger partial charge in [-0.05, 0) is 129 Å². The standard InChI is InChI=1S/C29H24.C17H16/c1-5-13-25-21(9-1)17-29(18-22-10-2-6-14-26(22)25)19-23-11-3-7-15-27(23)28-16-8-4-12-24(28)20-29;1-2-6-14-10-17(9-13(14)5-1)11-15-7-3-4-8-16(15)12-17/h1-16H,17-20H2;1-8H,9-12H2. The topological polar surface area (TPSA) is 0 Å². The molecule has 0 atom stereocenters. The van der Waals surface area contributed by atoms with Gasteiger partial charge in [-0.25, -0.2) is 0 Å². The van der Waals surface area contributed by atoms with Crippen LogP contribution in [0.3, 0.4) is 0 Å². The van der Waals surface area contributed by atoms with Crippen molar-refractivity contribution in [3.63, 3.8) is 0 Å². The fourth-order valence-corrected chi connectivity index (χ4v) is 9.54. The summed E-state index contributed by atoms with van der Waals surface area (Å²) < 4.78 is 0. The maximum absolute atomic E-state index is 2.35. The fourth-order valence-electron chi connectivity index (χ4n) is 9.54. The Morgan fingerprint density at radius 1 is 0.217 bits per heavy atom. The minimum Gasteiger partial charge on any atom is -0.0620 e. The van der Waals surface area contributed by atoms with E-state index in [-0.39, 0.29) is 5.41 Å². The lowest BCUT2D eigenvalue weighted by molar-refractivity contribution is 0.280. The highest BCUT2D eigenvalue weighted by Crippen LogP contribution is 2.48. The Kier molecular flexibility index (Phi) is 6.60. The molecule has 224 valence electrons. The Bertz CT molecular complexity index is 1770. The molecule has 4 aliphatic carbocycles. The first kappa shape index (κ1) is 27.6. The van der Waals surface area contributed by atoms with Gasteiger partial charge in [0.05, 0.1) is 0 Å². The van der Waals surface area contributed by atoms with Gasteiger partial charge < -0.3 is 0 Å². The van der Waals surface area contributed by atoms with Crippen LogP contribution >= 0.6 is 0 Å². The van der Waals surface area contributed by atoms with E-state index in [0.717, 1.165) is 25.7 Å². The molecule has 6 aromatic rings. The third kappa shape index (κ3) is 4.83. The quantitative estimate of drug-likeness (QED) is 0.165. The van der Waals surface area contributed by atoms with Crippen molar-refractivity contribution in [3.05, 3.63) is 190 Å². The molecule has 10 rings (SSSR count). The predicted octanol–water partition coefficient (Wildman–Crippen LogP) is 10.5. The Morgan fingerprint density at radius 3 is 0.630 bits per heavy atom. The average molecular weight is 593 g/mol. The van der Waals surface area contributed by atoms with Crippen molar-refractivity contribution in [2.24, 2.45) is 10.8 Å². The molecule has 0 radical (unpaired) electrons. The second kappa shape index (κ2) is 11.0. The Balaban J connectivity index is 0.000000145. The summed E-state index contributed by atoms with van der Waals surface area (Å²) in [6.45, 7) is 0. The van der Waals surface area contributed by atoms with Crippen molar-refractivity contribution < 1.29 is 0 Å². The van der Waals surface area contributed by atoms with Crippen molar-refractivity contribution in [3.8, 4) is 22.3 Å². The van der Waals surface area contributed by atoms with E-state index in [2.05, 4.69) is 146 Å². The van der Waals surface area contributed by atoms with Crippen molar-refractivity contribution in [1.82, 2.24) is 0 Å². The molecular formula is C46H40. The molecule has 0 heteroatoms. The molecule has 0 aromatic heterocycles. The van der Waals surface area contributed by atoms with E-state index in [9.17, 15) is 0 Å². The van der Waals surface area contributed by atoms with Crippen LogP contribution in [-0.4, -0.2) is 0 Å². The first-order valence-corrected chi connectivity index (χ1v) is 17.1. The van der Waals surface area contributed by atoms with Crippen molar-refractivity contribution >= 4 is 0 Å². The van der Waals surface area contributed by atoms with E-state index in [1.165, 1.54) is 70.2 Å². The maximum Gasteiger partial charge on any atom is -0.0135 e. The summed E-state index contributed by atoms with van der Waals surface area (Å²) >= 11 is 0. The minimum atomic E-state index is 0.200. The van der Waals surface area contributed by atoms with Gasteiger partial charge in [-0.1, -0.05) is 146 Å². The first-order valence-electron chi connectivity index (χ1n) is 17.1. The summed E-state index contributed by atoms with van der Waals surface area (Å²) in [6, 6.07) is 54.2. The number of rotatable bonds is 0. The number of benzene rings is 6. The molecule has 46 heavy (non-hydrogen) atoms. The lowest BCUT2D eigenvalue weighted by Gasteiger charge is -2.33. The molecule has 0 fully saturated rings. The molecule has 0 heterocycles. The molecule has 0 aliphatic heterocycles. The van der Waals surface area contributed by atoms with Gasteiger partial charge >= 0.3 is 0 Å². The SMILES string of the molecule is c1ccc2c(c1)CC1(C2)Cc2ccccc2C1.c1ccc2c(c1)CC1(Cc3ccccc3-2)Cc2ccccc2-c2ccccc2C1. The second-order valence-corrected chi connectivity index (χ2v) is 14.6. The molecule has 0 unspecified atom stereocenters. The second-order valence-electron chi connectivity index (χ2n) is 14.6. The van der Waals surface area contributed by atoms with Crippen LogP contribution < -0.4 is 0 Å². The molecular weight excluding hydrogens is 553 g/mol. The normalized spacial score (nSPS) is 17.2. The van der Waals surface area contributed by atoms with Gasteiger partial charge in [-0.2, -0.15) is 0 Å². The van der Waals surface area contributed by atoms with E-state index >= 15 is 0 Å². The number of hydrogen-bond donors (Lipinski definition) is 0. The van der Waals surface area contributed by atoms with Crippen molar-refractivity contribution in [2.45, 2.75) is 51.4 Å². The van der Waals surface area contributed by atoms with Crippen LogP contribution in [0.2, 0.25) is 0 Å². The first-order chi connectivity index (χ1) is 22.7. The van der Waals surface area contributed by atoms with Crippen LogP contribution in [0.25, 0.3) is 22.3 Å². The lowest BCUT2D eigenvalue weighted by Crippen LogP contribution is -2.30. The largest absolute Gasteiger partial charge is 0.0620 e. The molecule has 0 bridgehead atoms. The van der Waals surface area contributed by atoms with Gasteiger partial charge in [-0.15, -0.1) is 0 Å². The van der Waals surface area contributed by atoms with Gasteiger partial charge in [0.2, 0.25) is 0 Å². The smallest absolute Gasteiger partial charge is 0.0135 e. The minimum absolute atomic E-state index is 0.200. The van der Waals surface area contributed by atoms with Crippen LogP contribution in [0, 0.1) is 10.8 Å². The molecule has 0 saturated carbocycles. The average Bonchev–Trinajstić information content (AvgIpc) is 3.55. The number of hydrogen-bond acceptors (Lipinski definition) is 0. The highest BCUT2D eigenvalue weighted by molar-refractivity contribution is 5.74. The van der Waals surface area contributed by atoms with E-state index < -0.39 is 0 Å². The molecule has 0 nitrogen and oxygen atoms in total. The van der Waals surface area contributed by atoms with Crippen LogP contribution in [0.15, 0.2) is 146 Å². The van der Waals surface area contributed by atoms with Crippen molar-refractivity contribution in [1.29, 1.82) is 0 Å². The van der Waals surface area contributed by atoms with E-state index in [1.54, 1.807) is 22.3 Å². The van der Waals surface area contributed by atoms with Crippen molar-refractivity contribution in [2.75, 3.05) is 0 Å². The van der Waals surface area contributed by atoms with E-state index in [4.69, 9.17) is 0 Å². The summed E-state index contributed by atoms with van der Waals surface area (Å²) in [4.78, 5) is 0. The molecule has 2 spiro atoms. The Morgan fingerprint density at radius 2 is 0.391 bits per heavy atom. The van der Waals surface area contributed by atoms with Crippen LogP contribution in [0.4, 0.5) is 0 Å². The summed E-state index contributed by atoms with van der Waals surface area (Å²) in [7, 11) is 0. The van der Waals surface area contributed by atoms with E-state index in [1.807, 2.05) is 0 Å². The van der Waals surface area contributed by atoms with Crippen LogP contribution in [0.1, 0.15) is 44.5 Å². The number of fused-ring (bicyclic) bond motifs is 8. The summed E-state index contributed by atoms with van der Waals surface area (Å²) in [5.41, 5.74) is 18.7. The maximum atomic E-state index is 2.35. The molecule has 4 aliphatic rings. The molecule has 0 amide bonds. The highest BCUT2D eigenvalue weighted by Gasteiger charge is 2.42. The highest BCUT2D eigenvalue weighted by atomic mass is 14.5. The van der Waals surface area contributed by atoms with Gasteiger partial charge in [0.1, 0.15) is 0 Å². The predicted molar refractivity (Wildman–Crippen MR) is 191 cm³/mol. The molecule has 0 saturated heterocycles. The lowest BCUT2D eigenvalue weighted by atomic mass is 9.70. The van der Waals surface area contributed by atoms with Crippen LogP contribution in [0.5, 0.6) is 0 Å². The summed E-state index contributed by atoms with van der Waals surface area (Å²) in [6.07, 6.45) is 9.60. The van der Waals surface area contributed by atoms with Gasteiger partial charge in [0, 0.05) is 0 Å². The molecule has 6 aromatic carbocycles. The summed E-state index contributed by atoms with van der Waals surface area (Å²) in [5, 5.41) is 0. The zero-order chi connectivity index (χ0) is 30.6. The summed E-state index contributed by atoms with van der Waals surface area (Å²) in [5.74, 6) is 0.